The van der Waals surface area contributed by atoms with Gasteiger partial charge in [0.15, 0.2) is 0 Å². The summed E-state index contributed by atoms with van der Waals surface area (Å²) in [6.07, 6.45) is 32.8. The van der Waals surface area contributed by atoms with Gasteiger partial charge in [-0.2, -0.15) is 0 Å². The molecule has 3 aliphatic rings. The van der Waals surface area contributed by atoms with Gasteiger partial charge in [-0.05, 0) is 101 Å². The highest BCUT2D eigenvalue weighted by molar-refractivity contribution is 6.03. The van der Waals surface area contributed by atoms with Crippen molar-refractivity contribution < 1.29 is 43.6 Å². The molecule has 1 aromatic carbocycles. The highest BCUT2D eigenvalue weighted by Gasteiger charge is 2.65. The van der Waals surface area contributed by atoms with Crippen LogP contribution in [0.1, 0.15) is 233 Å². The number of rotatable bonds is 38. The van der Waals surface area contributed by atoms with Gasteiger partial charge in [0.1, 0.15) is 23.1 Å². The Hall–Kier alpha value is -3.61. The van der Waals surface area contributed by atoms with Gasteiger partial charge >= 0.3 is 12.2 Å². The van der Waals surface area contributed by atoms with Gasteiger partial charge in [-0.3, -0.25) is 4.90 Å². The van der Waals surface area contributed by atoms with E-state index in [-0.39, 0.29) is 37.6 Å². The molecule has 1 saturated carbocycles. The Morgan fingerprint density at radius 2 is 1.40 bits per heavy atom. The zero-order valence-corrected chi connectivity index (χ0v) is 46.2. The van der Waals surface area contributed by atoms with Crippen molar-refractivity contribution >= 4 is 17.9 Å². The van der Waals surface area contributed by atoms with Crippen LogP contribution in [-0.4, -0.2) is 90.0 Å². The summed E-state index contributed by atoms with van der Waals surface area (Å²) in [5, 5.41) is 28.0. The maximum Gasteiger partial charge on any atom is 0.412 e. The Balaban J connectivity index is 1.71. The number of oxime groups is 1. The minimum Gasteiger partial charge on any atom is -0.459 e. The van der Waals surface area contributed by atoms with Gasteiger partial charge in [-0.25, -0.2) is 9.59 Å². The van der Waals surface area contributed by atoms with Crippen molar-refractivity contribution in [1.29, 1.82) is 0 Å². The lowest BCUT2D eigenvalue weighted by molar-refractivity contribution is -0.255. The van der Waals surface area contributed by atoms with Crippen LogP contribution in [0.15, 0.2) is 47.7 Å². The van der Waals surface area contributed by atoms with Crippen molar-refractivity contribution in [2.24, 2.45) is 22.9 Å². The van der Waals surface area contributed by atoms with Gasteiger partial charge in [-0.1, -0.05) is 166 Å². The summed E-state index contributed by atoms with van der Waals surface area (Å²) in [7, 11) is 0. The molecule has 12 heteroatoms. The predicted molar refractivity (Wildman–Crippen MR) is 292 cm³/mol. The predicted octanol–water partition coefficient (Wildman–Crippen LogP) is 14.9. The number of nitrogens with zero attached hydrogens (tertiary/aromatic N) is 2. The van der Waals surface area contributed by atoms with E-state index in [1.807, 2.05) is 37.8 Å². The minimum absolute atomic E-state index is 0.0326. The Labute approximate surface area is 436 Å². The molecule has 4 rings (SSSR count). The van der Waals surface area contributed by atoms with Crippen molar-refractivity contribution in [3.05, 3.63) is 48.1 Å². The first-order valence-electron chi connectivity index (χ1n) is 29.1. The zero-order chi connectivity index (χ0) is 52.0. The fraction of sp³-hybridized carbons (Fsp3) is 0.783. The quantitative estimate of drug-likeness (QED) is 0.0334. The number of benzene rings is 1. The van der Waals surface area contributed by atoms with Crippen molar-refractivity contribution in [3.63, 3.8) is 0 Å². The molecular weight excluding hydrogens is 907 g/mol. The number of aliphatic hydroxyl groups excluding tert-OH is 2. The monoisotopic (exact) mass is 1010 g/mol. The van der Waals surface area contributed by atoms with E-state index in [2.05, 4.69) is 38.7 Å². The summed E-state index contributed by atoms with van der Waals surface area (Å²) in [6, 6.07) is 4.96. The summed E-state index contributed by atoms with van der Waals surface area (Å²) in [4.78, 5) is 36.2. The van der Waals surface area contributed by atoms with Crippen molar-refractivity contribution in [1.82, 2.24) is 10.2 Å². The molecule has 12 nitrogen and oxygen atoms in total. The average Bonchev–Trinajstić information content (AvgIpc) is 3.36. The van der Waals surface area contributed by atoms with E-state index in [9.17, 15) is 19.8 Å². The summed E-state index contributed by atoms with van der Waals surface area (Å²) in [5.41, 5.74) is 1.99. The number of carbonyl (C=O) groups is 2. The number of amides is 2. The molecule has 0 unspecified atom stereocenters. The number of allylic oxidation sites excluding steroid dienone is 1. The molecule has 0 radical (unpaired) electrons. The van der Waals surface area contributed by atoms with Crippen LogP contribution in [-0.2, 0) is 14.3 Å². The van der Waals surface area contributed by atoms with Crippen LogP contribution in [0.2, 0.25) is 0 Å². The van der Waals surface area contributed by atoms with E-state index in [0.717, 1.165) is 74.6 Å². The van der Waals surface area contributed by atoms with Gasteiger partial charge in [0.2, 0.25) is 5.79 Å². The topological polar surface area (TPSA) is 148 Å². The van der Waals surface area contributed by atoms with Crippen LogP contribution in [0.25, 0.3) is 0 Å². The minimum atomic E-state index is -1.40. The number of hydrogen-bond acceptors (Lipinski definition) is 10. The van der Waals surface area contributed by atoms with Crippen molar-refractivity contribution in [2.75, 3.05) is 39.5 Å². The number of hydrogen-bond donors (Lipinski definition) is 3. The van der Waals surface area contributed by atoms with Gasteiger partial charge in [0.25, 0.3) is 0 Å². The Bertz CT molecular complexity index is 1760. The van der Waals surface area contributed by atoms with Crippen molar-refractivity contribution in [2.45, 2.75) is 245 Å². The Morgan fingerprint density at radius 3 is 1.99 bits per heavy atom. The van der Waals surface area contributed by atoms with Crippen molar-refractivity contribution in [3.8, 4) is 11.5 Å². The zero-order valence-electron chi connectivity index (χ0n) is 46.2. The lowest BCUT2D eigenvalue weighted by Gasteiger charge is -2.60. The number of unbranched alkanes of at least 4 members (excludes halogenated alkanes) is 20. The highest BCUT2D eigenvalue weighted by atomic mass is 16.7. The molecule has 410 valence electrons. The molecule has 0 saturated heterocycles. The first-order chi connectivity index (χ1) is 35.0. The van der Waals surface area contributed by atoms with Gasteiger partial charge in [-0.15, -0.1) is 6.58 Å². The first kappa shape index (κ1) is 60.9. The molecule has 2 amide bonds. The molecule has 0 aromatic heterocycles. The summed E-state index contributed by atoms with van der Waals surface area (Å²) in [6.45, 7) is 18.2. The third-order valence-electron chi connectivity index (χ3n) is 14.9. The standard InChI is InChI=1S/C60H101N3O9/c1-8-12-14-16-18-20-22-24-26-30-38-61-57(66)70-48-36-37-53-51(45-48)55-49(35-29-32-41-65)47(34-28-31-40-64)44-50-52(62-72-59(5,6)7)46-54(60(71-53,56(50)55)69-42-11-4)63(39-10-3)58(67)68-43-33-27-25-23-21-19-17-15-13-9-2/h11,36-37,44-45,47,49,54-56,64-65H,4,8-10,12-35,38-43,46H2,1-3,5-7H3,(H,61,66)/t47-,49+,54-,55+,56+,60+/m0/s1. The third-order valence-corrected chi connectivity index (χ3v) is 14.9. The Morgan fingerprint density at radius 1 is 0.806 bits per heavy atom. The molecule has 3 N–H and O–H groups in total. The molecule has 0 spiro atoms. The Kier molecular flexibility index (Phi) is 28.8. The molecule has 1 heterocycles. The summed E-state index contributed by atoms with van der Waals surface area (Å²) < 4.78 is 26.7. The molecule has 1 fully saturated rings. The van der Waals surface area contributed by atoms with E-state index in [1.165, 1.54) is 96.3 Å². The lowest BCUT2D eigenvalue weighted by atomic mass is 9.55. The molecule has 0 bridgehead atoms. The SMILES string of the molecule is C=CCO[C@@]12Oc3ccc(OC(=O)NCCCCCCCCCCCC)cc3[C@H]3[C@H](CCCCO)[C@@H](CCCCO)C=C(C(=NOC(C)(C)C)C[C@@H]1N(CCC)C(=O)OCCCCCCCCCCCC)[C@H]32. The molecule has 72 heavy (non-hydrogen) atoms. The molecule has 1 aromatic rings. The second-order valence-corrected chi connectivity index (χ2v) is 22.0. The van der Waals surface area contributed by atoms with E-state index in [4.69, 9.17) is 28.9 Å². The first-order valence-corrected chi connectivity index (χ1v) is 29.1. The van der Waals surface area contributed by atoms with E-state index < -0.39 is 35.5 Å². The number of carbonyl (C=O) groups excluding carboxylic acids is 2. The van der Waals surface area contributed by atoms with Crippen LogP contribution < -0.4 is 14.8 Å². The maximum absolute atomic E-state index is 14.7. The average molecular weight is 1010 g/mol. The summed E-state index contributed by atoms with van der Waals surface area (Å²) >= 11 is 0. The smallest absolute Gasteiger partial charge is 0.412 e. The van der Waals surface area contributed by atoms with Crippen LogP contribution >= 0.6 is 0 Å². The maximum atomic E-state index is 14.7. The summed E-state index contributed by atoms with van der Waals surface area (Å²) in [5.74, 6) is -1.00. The van der Waals surface area contributed by atoms with Crippen LogP contribution in [0.5, 0.6) is 11.5 Å². The second-order valence-electron chi connectivity index (χ2n) is 22.0. The van der Waals surface area contributed by atoms with E-state index >= 15 is 0 Å². The van der Waals surface area contributed by atoms with Crippen LogP contribution in [0, 0.1) is 17.8 Å². The second kappa shape index (κ2) is 34.1. The molecule has 1 aliphatic heterocycles. The fourth-order valence-corrected chi connectivity index (χ4v) is 11.3. The normalized spacial score (nSPS) is 21.8. The van der Waals surface area contributed by atoms with Crippen LogP contribution in [0.4, 0.5) is 9.59 Å². The molecule has 2 aliphatic carbocycles. The highest BCUT2D eigenvalue weighted by Crippen LogP contribution is 2.62. The third kappa shape index (κ3) is 19.6. The number of aliphatic hydroxyl groups is 2. The molecule has 6 atom stereocenters. The largest absolute Gasteiger partial charge is 0.459 e. The van der Waals surface area contributed by atoms with Gasteiger partial charge in [0, 0.05) is 44.2 Å². The lowest BCUT2D eigenvalue weighted by Crippen LogP contribution is -2.70. The van der Waals surface area contributed by atoms with E-state index in [0.29, 0.717) is 56.9 Å². The fourth-order valence-electron chi connectivity index (χ4n) is 11.3. The van der Waals surface area contributed by atoms with Gasteiger partial charge < -0.3 is 39.3 Å². The van der Waals surface area contributed by atoms with Gasteiger partial charge in [0.05, 0.1) is 24.8 Å². The number of nitrogens with one attached hydrogen (secondary N) is 1. The number of fused-ring (bicyclic) bond motifs is 2. The van der Waals surface area contributed by atoms with E-state index in [1.54, 1.807) is 12.1 Å². The molecular formula is C60H101N3O9. The van der Waals surface area contributed by atoms with Crippen LogP contribution in [0.3, 0.4) is 0 Å². The number of ether oxygens (including phenoxy) is 4.